The van der Waals surface area contributed by atoms with Gasteiger partial charge in [-0.3, -0.25) is 9.59 Å². The lowest BCUT2D eigenvalue weighted by Gasteiger charge is -2.31. The molecule has 2 atom stereocenters. The van der Waals surface area contributed by atoms with Gasteiger partial charge in [0.1, 0.15) is 5.82 Å². The van der Waals surface area contributed by atoms with Crippen molar-refractivity contribution in [3.8, 4) is 0 Å². The van der Waals surface area contributed by atoms with E-state index in [9.17, 15) is 14.0 Å². The summed E-state index contributed by atoms with van der Waals surface area (Å²) in [7, 11) is 0. The molecular weight excluding hydrogens is 225 g/mol. The van der Waals surface area contributed by atoms with E-state index in [0.717, 1.165) is 0 Å². The Hall–Kier alpha value is -1.91. The summed E-state index contributed by atoms with van der Waals surface area (Å²) in [6, 6.07) is 5.81. The Morgan fingerprint density at radius 3 is 2.41 bits per heavy atom. The molecule has 90 valence electrons. The lowest BCUT2D eigenvalue weighted by Crippen LogP contribution is -2.41. The highest BCUT2D eigenvalue weighted by molar-refractivity contribution is 5.96. The molecule has 17 heavy (non-hydrogen) atoms. The number of hydrogen-bond acceptors (Lipinski definition) is 2. The minimum Gasteiger partial charge on any atom is -0.481 e. The number of amides is 1. The highest BCUT2D eigenvalue weighted by Gasteiger charge is 2.41. The summed E-state index contributed by atoms with van der Waals surface area (Å²) in [5.74, 6) is -3.10. The summed E-state index contributed by atoms with van der Waals surface area (Å²) in [5, 5.41) is 11.2. The SMILES string of the molecule is O=C(O)C1CCC1C(=O)Nc1ccccc1F. The quantitative estimate of drug-likeness (QED) is 0.843. The van der Waals surface area contributed by atoms with Crippen LogP contribution in [-0.4, -0.2) is 17.0 Å². The molecule has 1 amide bonds. The minimum atomic E-state index is -0.968. The highest BCUT2D eigenvalue weighted by Crippen LogP contribution is 2.35. The van der Waals surface area contributed by atoms with Crippen LogP contribution in [0.1, 0.15) is 12.8 Å². The number of nitrogens with one attached hydrogen (secondary N) is 1. The van der Waals surface area contributed by atoms with Gasteiger partial charge in [-0.25, -0.2) is 4.39 Å². The van der Waals surface area contributed by atoms with E-state index in [2.05, 4.69) is 5.32 Å². The Labute approximate surface area is 97.4 Å². The van der Waals surface area contributed by atoms with E-state index >= 15 is 0 Å². The molecule has 2 rings (SSSR count). The normalized spacial score (nSPS) is 22.6. The number of carboxylic acids is 1. The Balaban J connectivity index is 2.03. The van der Waals surface area contributed by atoms with E-state index in [1.54, 1.807) is 6.07 Å². The maximum absolute atomic E-state index is 13.3. The molecule has 0 saturated heterocycles. The zero-order valence-electron chi connectivity index (χ0n) is 9.02. The number of hydrogen-bond donors (Lipinski definition) is 2. The molecule has 1 aromatic carbocycles. The highest BCUT2D eigenvalue weighted by atomic mass is 19.1. The Morgan fingerprint density at radius 1 is 1.24 bits per heavy atom. The van der Waals surface area contributed by atoms with Crippen molar-refractivity contribution in [1.29, 1.82) is 0 Å². The summed E-state index contributed by atoms with van der Waals surface area (Å²) >= 11 is 0. The Morgan fingerprint density at radius 2 is 1.88 bits per heavy atom. The lowest BCUT2D eigenvalue weighted by molar-refractivity contribution is -0.151. The van der Waals surface area contributed by atoms with Crippen LogP contribution in [0.25, 0.3) is 0 Å². The van der Waals surface area contributed by atoms with Crippen LogP contribution in [0.2, 0.25) is 0 Å². The number of anilines is 1. The number of aliphatic carboxylic acids is 1. The van der Waals surface area contributed by atoms with E-state index in [-0.39, 0.29) is 5.69 Å². The number of carbonyl (C=O) groups excluding carboxylic acids is 1. The van der Waals surface area contributed by atoms with E-state index < -0.39 is 29.5 Å². The van der Waals surface area contributed by atoms with Crippen LogP contribution in [0.15, 0.2) is 24.3 Å². The molecule has 1 aliphatic rings. The van der Waals surface area contributed by atoms with Gasteiger partial charge in [-0.05, 0) is 25.0 Å². The number of benzene rings is 1. The fourth-order valence-corrected chi connectivity index (χ4v) is 1.90. The average molecular weight is 237 g/mol. The number of rotatable bonds is 3. The van der Waals surface area contributed by atoms with Gasteiger partial charge in [-0.2, -0.15) is 0 Å². The molecule has 0 aromatic heterocycles. The molecule has 5 heteroatoms. The molecule has 4 nitrogen and oxygen atoms in total. The second-order valence-electron chi connectivity index (χ2n) is 4.10. The van der Waals surface area contributed by atoms with Crippen LogP contribution >= 0.6 is 0 Å². The molecule has 2 unspecified atom stereocenters. The largest absolute Gasteiger partial charge is 0.481 e. The summed E-state index contributed by atoms with van der Waals surface area (Å²) in [5.41, 5.74) is 0.0912. The van der Waals surface area contributed by atoms with Crippen LogP contribution in [0, 0.1) is 17.7 Å². The molecule has 1 aromatic rings. The van der Waals surface area contributed by atoms with Crippen LogP contribution < -0.4 is 5.32 Å². The smallest absolute Gasteiger partial charge is 0.307 e. The fraction of sp³-hybridized carbons (Fsp3) is 0.333. The molecule has 2 N–H and O–H groups in total. The van der Waals surface area contributed by atoms with Crippen molar-refractivity contribution in [3.63, 3.8) is 0 Å². The standard InChI is InChI=1S/C12H12FNO3/c13-9-3-1-2-4-10(9)14-11(15)7-5-6-8(7)12(16)17/h1-4,7-8H,5-6H2,(H,14,15)(H,16,17). The first-order chi connectivity index (χ1) is 8.09. The van der Waals surface area contributed by atoms with Gasteiger partial charge in [0.2, 0.25) is 5.91 Å². The predicted octanol–water partition coefficient (Wildman–Crippen LogP) is 1.88. The number of carbonyl (C=O) groups is 2. The van der Waals surface area contributed by atoms with Crippen LogP contribution in [0.4, 0.5) is 10.1 Å². The molecule has 0 radical (unpaired) electrons. The van der Waals surface area contributed by atoms with Crippen molar-refractivity contribution in [3.05, 3.63) is 30.1 Å². The maximum Gasteiger partial charge on any atom is 0.307 e. The second kappa shape index (κ2) is 4.53. The fourth-order valence-electron chi connectivity index (χ4n) is 1.90. The Kier molecular flexibility index (Phi) is 3.08. The van der Waals surface area contributed by atoms with Crippen molar-refractivity contribution in [2.75, 3.05) is 5.32 Å². The zero-order valence-corrected chi connectivity index (χ0v) is 9.02. The van der Waals surface area contributed by atoms with E-state index in [4.69, 9.17) is 5.11 Å². The molecule has 0 aliphatic heterocycles. The second-order valence-corrected chi connectivity index (χ2v) is 4.10. The lowest BCUT2D eigenvalue weighted by atomic mass is 9.73. The number of carboxylic acid groups (broad SMARTS) is 1. The first kappa shape index (κ1) is 11.6. The van der Waals surface area contributed by atoms with Gasteiger partial charge >= 0.3 is 5.97 Å². The van der Waals surface area contributed by atoms with Crippen molar-refractivity contribution >= 4 is 17.6 Å². The molecule has 1 aliphatic carbocycles. The molecule has 1 saturated carbocycles. The third-order valence-corrected chi connectivity index (χ3v) is 3.06. The monoisotopic (exact) mass is 237 g/mol. The van der Waals surface area contributed by atoms with Crippen LogP contribution in [0.3, 0.4) is 0 Å². The van der Waals surface area contributed by atoms with Gasteiger partial charge in [0.25, 0.3) is 0 Å². The zero-order chi connectivity index (χ0) is 12.4. The van der Waals surface area contributed by atoms with Crippen molar-refractivity contribution in [1.82, 2.24) is 0 Å². The Bertz CT molecular complexity index is 461. The number of para-hydroxylation sites is 1. The van der Waals surface area contributed by atoms with Gasteiger partial charge < -0.3 is 10.4 Å². The van der Waals surface area contributed by atoms with E-state index in [0.29, 0.717) is 12.8 Å². The van der Waals surface area contributed by atoms with Crippen LogP contribution in [-0.2, 0) is 9.59 Å². The topological polar surface area (TPSA) is 66.4 Å². The third-order valence-electron chi connectivity index (χ3n) is 3.06. The van der Waals surface area contributed by atoms with Crippen molar-refractivity contribution < 1.29 is 19.1 Å². The number of halogens is 1. The summed E-state index contributed by atoms with van der Waals surface area (Å²) < 4.78 is 13.3. The first-order valence-corrected chi connectivity index (χ1v) is 5.38. The molecule has 0 bridgehead atoms. The van der Waals surface area contributed by atoms with Gasteiger partial charge in [-0.15, -0.1) is 0 Å². The molecule has 0 spiro atoms. The molecular formula is C12H12FNO3. The van der Waals surface area contributed by atoms with Crippen molar-refractivity contribution in [2.24, 2.45) is 11.8 Å². The third kappa shape index (κ3) is 2.27. The average Bonchev–Trinajstić information content (AvgIpc) is 2.18. The van der Waals surface area contributed by atoms with E-state index in [1.807, 2.05) is 0 Å². The van der Waals surface area contributed by atoms with Gasteiger partial charge in [-0.1, -0.05) is 12.1 Å². The maximum atomic E-state index is 13.3. The summed E-state index contributed by atoms with van der Waals surface area (Å²) in [6.45, 7) is 0. The predicted molar refractivity (Wildman–Crippen MR) is 58.9 cm³/mol. The van der Waals surface area contributed by atoms with Gasteiger partial charge in [0.15, 0.2) is 0 Å². The van der Waals surface area contributed by atoms with Gasteiger partial charge in [0.05, 0.1) is 17.5 Å². The minimum absolute atomic E-state index is 0.0912. The molecule has 0 heterocycles. The summed E-state index contributed by atoms with van der Waals surface area (Å²) in [4.78, 5) is 22.5. The van der Waals surface area contributed by atoms with E-state index in [1.165, 1.54) is 18.2 Å². The summed E-state index contributed by atoms with van der Waals surface area (Å²) in [6.07, 6.45) is 1.04. The van der Waals surface area contributed by atoms with Crippen molar-refractivity contribution in [2.45, 2.75) is 12.8 Å². The molecule has 1 fully saturated rings. The van der Waals surface area contributed by atoms with Gasteiger partial charge in [0, 0.05) is 0 Å². The first-order valence-electron chi connectivity index (χ1n) is 5.38. The van der Waals surface area contributed by atoms with Crippen LogP contribution in [0.5, 0.6) is 0 Å².